The molecule has 0 spiro atoms. The number of nitrogens with two attached hydrogens (primary N) is 1. The number of ether oxygens (including phenoxy) is 2. The van der Waals surface area contributed by atoms with Crippen LogP contribution in [0, 0.1) is 23.1 Å². The summed E-state index contributed by atoms with van der Waals surface area (Å²) in [5, 5.41) is 14.9. The van der Waals surface area contributed by atoms with Crippen LogP contribution >= 0.6 is 0 Å². The molecular formula is C35H43FN6O4. The number of pyridine rings is 1. The number of aromatic nitrogens is 1. The van der Waals surface area contributed by atoms with Gasteiger partial charge in [0.25, 0.3) is 0 Å². The Balaban J connectivity index is 1.42. The number of likely N-dealkylation sites (N-methyl/N-ethyl adjacent to an activating group) is 1. The Labute approximate surface area is 270 Å². The first-order valence-electron chi connectivity index (χ1n) is 15.6. The number of aldehydes is 1. The molecule has 1 aliphatic rings. The van der Waals surface area contributed by atoms with Crippen molar-refractivity contribution in [1.29, 1.82) is 5.26 Å². The minimum absolute atomic E-state index is 0.0177. The third kappa shape index (κ3) is 8.88. The molecular weight excluding hydrogens is 587 g/mol. The zero-order chi connectivity index (χ0) is 32.9. The van der Waals surface area contributed by atoms with Crippen LogP contribution in [0.1, 0.15) is 59.5 Å². The molecule has 0 aliphatic carbocycles. The van der Waals surface area contributed by atoms with Crippen molar-refractivity contribution in [2.75, 3.05) is 38.7 Å². The minimum atomic E-state index is -0.556. The number of hydrogen-bond acceptors (Lipinski definition) is 9. The Morgan fingerprint density at radius 1 is 1.20 bits per heavy atom. The van der Waals surface area contributed by atoms with E-state index in [0.717, 1.165) is 54.6 Å². The minimum Gasteiger partial charge on any atom is -0.488 e. The van der Waals surface area contributed by atoms with Gasteiger partial charge in [0.05, 0.1) is 24.5 Å². The maximum absolute atomic E-state index is 15.5. The number of anilines is 1. The van der Waals surface area contributed by atoms with E-state index in [9.17, 15) is 9.59 Å². The third-order valence-corrected chi connectivity index (χ3v) is 8.67. The van der Waals surface area contributed by atoms with Gasteiger partial charge < -0.3 is 35.5 Å². The van der Waals surface area contributed by atoms with Crippen molar-refractivity contribution >= 4 is 17.9 Å². The predicted molar refractivity (Wildman–Crippen MR) is 174 cm³/mol. The lowest BCUT2D eigenvalue weighted by Gasteiger charge is -2.37. The van der Waals surface area contributed by atoms with Gasteiger partial charge in [0.2, 0.25) is 5.91 Å². The van der Waals surface area contributed by atoms with Crippen LogP contribution in [0.25, 0.3) is 0 Å². The molecule has 1 amide bonds. The van der Waals surface area contributed by atoms with E-state index in [2.05, 4.69) is 20.5 Å². The van der Waals surface area contributed by atoms with Gasteiger partial charge in [-0.25, -0.2) is 9.37 Å². The molecule has 3 aromatic rings. The van der Waals surface area contributed by atoms with Crippen molar-refractivity contribution in [1.82, 2.24) is 15.6 Å². The maximum atomic E-state index is 15.5. The summed E-state index contributed by atoms with van der Waals surface area (Å²) < 4.78 is 27.0. The molecule has 1 aliphatic heterocycles. The average Bonchev–Trinajstić information content (AvgIpc) is 3.09. The van der Waals surface area contributed by atoms with Crippen molar-refractivity contribution in [2.24, 2.45) is 11.7 Å². The van der Waals surface area contributed by atoms with E-state index in [-0.39, 0.29) is 30.7 Å². The number of nitrogens with one attached hydrogen (secondary N) is 2. The fourth-order valence-electron chi connectivity index (χ4n) is 6.06. The highest BCUT2D eigenvalue weighted by atomic mass is 19.1. The summed E-state index contributed by atoms with van der Waals surface area (Å²) in [5.74, 6) is 0.346. The molecule has 4 N–H and O–H groups in total. The number of hydrogen-bond donors (Lipinski definition) is 3. The van der Waals surface area contributed by atoms with Gasteiger partial charge in [0.15, 0.2) is 0 Å². The highest BCUT2D eigenvalue weighted by Gasteiger charge is 2.28. The first-order chi connectivity index (χ1) is 22.4. The van der Waals surface area contributed by atoms with Crippen LogP contribution in [-0.2, 0) is 34.1 Å². The second-order valence-corrected chi connectivity index (χ2v) is 11.4. The normalized spacial score (nSPS) is 14.7. The van der Waals surface area contributed by atoms with Gasteiger partial charge in [0.1, 0.15) is 36.2 Å². The topological polar surface area (TPSA) is 143 Å². The second kappa shape index (κ2) is 17.4. The highest BCUT2D eigenvalue weighted by Crippen LogP contribution is 2.34. The Kier molecular flexibility index (Phi) is 13.0. The fraction of sp³-hybridized carbons (Fsp3) is 0.429. The number of nitrogens with zero attached hydrogens (tertiary/aromatic N) is 3. The van der Waals surface area contributed by atoms with Crippen LogP contribution in [0.5, 0.6) is 5.75 Å². The monoisotopic (exact) mass is 630 g/mol. The van der Waals surface area contributed by atoms with E-state index >= 15 is 4.39 Å². The largest absolute Gasteiger partial charge is 0.488 e. The Morgan fingerprint density at radius 3 is 2.63 bits per heavy atom. The second-order valence-electron chi connectivity index (χ2n) is 11.4. The van der Waals surface area contributed by atoms with E-state index in [1.807, 2.05) is 36.4 Å². The molecule has 1 aromatic heterocycles. The zero-order valence-corrected chi connectivity index (χ0v) is 26.5. The molecule has 244 valence electrons. The molecule has 46 heavy (non-hydrogen) atoms. The number of carbonyl (C=O) groups excluding carboxylic acids is 2. The van der Waals surface area contributed by atoms with Gasteiger partial charge in [-0.1, -0.05) is 24.3 Å². The number of amides is 1. The van der Waals surface area contributed by atoms with Gasteiger partial charge in [-0.2, -0.15) is 5.26 Å². The van der Waals surface area contributed by atoms with E-state index in [0.29, 0.717) is 49.0 Å². The Bertz CT molecular complexity index is 1490. The van der Waals surface area contributed by atoms with Crippen molar-refractivity contribution in [2.45, 2.75) is 57.4 Å². The molecule has 2 heterocycles. The summed E-state index contributed by atoms with van der Waals surface area (Å²) in [5.41, 5.74) is 10.6. The van der Waals surface area contributed by atoms with E-state index in [1.54, 1.807) is 38.6 Å². The summed E-state index contributed by atoms with van der Waals surface area (Å²) in [4.78, 5) is 29.7. The van der Waals surface area contributed by atoms with Crippen LogP contribution in [0.4, 0.5) is 10.1 Å². The SMILES string of the molecule is CNC(=O)[C@H](CCC=O)NCc1c(COC)cccc1OCc1ccc(C(CN)C2CCN(c3ccc(C#N)nc3)CC2)cc1F. The van der Waals surface area contributed by atoms with Crippen molar-refractivity contribution < 1.29 is 23.5 Å². The van der Waals surface area contributed by atoms with Gasteiger partial charge in [-0.05, 0) is 73.0 Å². The van der Waals surface area contributed by atoms with Crippen LogP contribution in [0.3, 0.4) is 0 Å². The summed E-state index contributed by atoms with van der Waals surface area (Å²) in [7, 11) is 3.16. The standard InChI is InChI=1S/C35H43FN6O4/c1-39-35(44)33(6-4-16-43)41-21-31-26(22-45-2)5-3-7-34(31)46-23-27-9-8-25(17-32(27)36)30(19-38)24-12-14-42(15-13-24)29-11-10-28(18-37)40-20-29/h3,5,7-11,16-17,20,24,30,33,41H,4,6,12-15,19,21-23,38H2,1-2H3,(H,39,44)/t30?,33-/m0/s1. The zero-order valence-electron chi connectivity index (χ0n) is 26.5. The average molecular weight is 631 g/mol. The molecule has 4 rings (SSSR count). The van der Waals surface area contributed by atoms with Gasteiger partial charge in [-0.3, -0.25) is 4.79 Å². The number of methoxy groups -OCH3 is 1. The number of halogens is 1. The van der Waals surface area contributed by atoms with Crippen molar-refractivity contribution in [3.63, 3.8) is 0 Å². The van der Waals surface area contributed by atoms with Crippen LogP contribution < -0.4 is 26.0 Å². The van der Waals surface area contributed by atoms with Crippen LogP contribution in [0.15, 0.2) is 54.7 Å². The third-order valence-electron chi connectivity index (χ3n) is 8.67. The number of nitriles is 1. The first-order valence-corrected chi connectivity index (χ1v) is 15.6. The molecule has 1 saturated heterocycles. The quantitative estimate of drug-likeness (QED) is 0.201. The number of benzene rings is 2. The Morgan fingerprint density at radius 2 is 2.00 bits per heavy atom. The van der Waals surface area contributed by atoms with Crippen molar-refractivity contribution in [3.05, 3.63) is 88.5 Å². The lowest BCUT2D eigenvalue weighted by molar-refractivity contribution is -0.123. The van der Waals surface area contributed by atoms with Crippen molar-refractivity contribution in [3.8, 4) is 11.8 Å². The first kappa shape index (κ1) is 34.5. The number of piperidine rings is 1. The molecule has 2 aromatic carbocycles. The van der Waals surface area contributed by atoms with E-state index < -0.39 is 6.04 Å². The molecule has 0 saturated carbocycles. The molecule has 0 bridgehead atoms. The van der Waals surface area contributed by atoms with Crippen LogP contribution in [-0.4, -0.2) is 57.0 Å². The van der Waals surface area contributed by atoms with E-state index in [4.69, 9.17) is 20.5 Å². The smallest absolute Gasteiger partial charge is 0.236 e. The summed E-state index contributed by atoms with van der Waals surface area (Å²) >= 11 is 0. The molecule has 10 nitrogen and oxygen atoms in total. The summed E-state index contributed by atoms with van der Waals surface area (Å²) in [6, 6.07) is 16.0. The number of rotatable bonds is 16. The molecule has 11 heteroatoms. The number of carbonyl (C=O) groups is 2. The highest BCUT2D eigenvalue weighted by molar-refractivity contribution is 5.81. The molecule has 0 radical (unpaired) electrons. The molecule has 2 atom stereocenters. The van der Waals surface area contributed by atoms with Gasteiger partial charge >= 0.3 is 0 Å². The lowest BCUT2D eigenvalue weighted by atomic mass is 9.79. The van der Waals surface area contributed by atoms with Gasteiger partial charge in [-0.15, -0.1) is 0 Å². The lowest BCUT2D eigenvalue weighted by Crippen LogP contribution is -2.42. The fourth-order valence-corrected chi connectivity index (χ4v) is 6.06. The van der Waals surface area contributed by atoms with E-state index in [1.165, 1.54) is 0 Å². The Hall–Kier alpha value is -4.37. The molecule has 1 unspecified atom stereocenters. The van der Waals surface area contributed by atoms with Gasteiger partial charge in [0, 0.05) is 51.3 Å². The maximum Gasteiger partial charge on any atom is 0.236 e. The summed E-state index contributed by atoms with van der Waals surface area (Å²) in [6.45, 7) is 2.74. The predicted octanol–water partition coefficient (Wildman–Crippen LogP) is 3.96. The summed E-state index contributed by atoms with van der Waals surface area (Å²) in [6.07, 6.45) is 4.98. The molecule has 1 fully saturated rings. The van der Waals surface area contributed by atoms with Crippen LogP contribution in [0.2, 0.25) is 0 Å².